The van der Waals surface area contributed by atoms with E-state index in [-0.39, 0.29) is 0 Å². The molecule has 0 bridgehead atoms. The molecule has 0 aromatic carbocycles. The van der Waals surface area contributed by atoms with Crippen LogP contribution in [0.1, 0.15) is 26.7 Å². The van der Waals surface area contributed by atoms with Crippen molar-refractivity contribution in [3.63, 3.8) is 0 Å². The number of rotatable bonds is 5. The van der Waals surface area contributed by atoms with Crippen LogP contribution in [0.5, 0.6) is 0 Å². The molecule has 0 saturated heterocycles. The van der Waals surface area contributed by atoms with Crippen LogP contribution in [0.15, 0.2) is 37.0 Å². The van der Waals surface area contributed by atoms with E-state index in [1.54, 1.807) is 19.3 Å². The van der Waals surface area contributed by atoms with Gasteiger partial charge in [0.05, 0.1) is 6.61 Å². The van der Waals surface area contributed by atoms with Crippen molar-refractivity contribution >= 4 is 0 Å². The van der Waals surface area contributed by atoms with Gasteiger partial charge in [0, 0.05) is 7.11 Å². The Kier molecular flexibility index (Phi) is 15.5. The van der Waals surface area contributed by atoms with Gasteiger partial charge in [0.15, 0.2) is 0 Å². The minimum absolute atomic E-state index is 0.607. The van der Waals surface area contributed by atoms with Crippen LogP contribution in [-0.4, -0.2) is 13.7 Å². The van der Waals surface area contributed by atoms with Crippen molar-refractivity contribution in [2.45, 2.75) is 26.7 Å². The molecular formula is C12H22O. The van der Waals surface area contributed by atoms with Gasteiger partial charge in [-0.15, -0.1) is 0 Å². The van der Waals surface area contributed by atoms with Gasteiger partial charge < -0.3 is 4.74 Å². The predicted molar refractivity (Wildman–Crippen MR) is 60.9 cm³/mol. The SMILES string of the molecule is C=C/C=C(\C=C)COC.CCCC. The van der Waals surface area contributed by atoms with E-state index >= 15 is 0 Å². The molecule has 0 aromatic rings. The summed E-state index contributed by atoms with van der Waals surface area (Å²) in [4.78, 5) is 0. The van der Waals surface area contributed by atoms with Crippen LogP contribution < -0.4 is 0 Å². The van der Waals surface area contributed by atoms with Gasteiger partial charge in [-0.1, -0.05) is 58.1 Å². The van der Waals surface area contributed by atoms with E-state index in [2.05, 4.69) is 27.0 Å². The highest BCUT2D eigenvalue weighted by Gasteiger charge is 1.84. The molecule has 0 fully saturated rings. The molecule has 0 aliphatic rings. The molecule has 0 N–H and O–H groups in total. The second kappa shape index (κ2) is 13.7. The molecule has 0 radical (unpaired) electrons. The van der Waals surface area contributed by atoms with Crippen molar-refractivity contribution in [3.05, 3.63) is 37.0 Å². The average molecular weight is 182 g/mol. The molecule has 13 heavy (non-hydrogen) atoms. The fraction of sp³-hybridized carbons (Fsp3) is 0.500. The van der Waals surface area contributed by atoms with Gasteiger partial charge in [-0.2, -0.15) is 0 Å². The lowest BCUT2D eigenvalue weighted by Gasteiger charge is -1.95. The summed E-state index contributed by atoms with van der Waals surface area (Å²) < 4.78 is 4.86. The Morgan fingerprint density at radius 1 is 1.23 bits per heavy atom. The Balaban J connectivity index is 0. The maximum absolute atomic E-state index is 4.86. The summed E-state index contributed by atoms with van der Waals surface area (Å²) in [7, 11) is 1.65. The highest BCUT2D eigenvalue weighted by Crippen LogP contribution is 1.94. The second-order valence-electron chi connectivity index (χ2n) is 2.61. The Hall–Kier alpha value is -0.820. The molecular weight excluding hydrogens is 160 g/mol. The lowest BCUT2D eigenvalue weighted by atomic mass is 10.2. The smallest absolute Gasteiger partial charge is 0.0712 e. The highest BCUT2D eigenvalue weighted by atomic mass is 16.5. The third-order valence-corrected chi connectivity index (χ3v) is 1.41. The van der Waals surface area contributed by atoms with E-state index in [4.69, 9.17) is 4.74 Å². The Morgan fingerprint density at radius 2 is 1.77 bits per heavy atom. The third kappa shape index (κ3) is 14.1. The van der Waals surface area contributed by atoms with Crippen molar-refractivity contribution in [2.75, 3.05) is 13.7 Å². The van der Waals surface area contributed by atoms with Crippen molar-refractivity contribution in [1.82, 2.24) is 0 Å². The van der Waals surface area contributed by atoms with Gasteiger partial charge in [0.2, 0.25) is 0 Å². The minimum Gasteiger partial charge on any atom is -0.380 e. The van der Waals surface area contributed by atoms with Gasteiger partial charge in [0.25, 0.3) is 0 Å². The summed E-state index contributed by atoms with van der Waals surface area (Å²) in [5.74, 6) is 0. The Morgan fingerprint density at radius 3 is 2.00 bits per heavy atom. The predicted octanol–water partition coefficient (Wildman–Crippen LogP) is 3.74. The number of allylic oxidation sites excluding steroid dienone is 2. The monoisotopic (exact) mass is 182 g/mol. The topological polar surface area (TPSA) is 9.23 Å². The van der Waals surface area contributed by atoms with Crippen LogP contribution >= 0.6 is 0 Å². The van der Waals surface area contributed by atoms with Gasteiger partial charge in [0.1, 0.15) is 0 Å². The van der Waals surface area contributed by atoms with Gasteiger partial charge in [-0.25, -0.2) is 0 Å². The van der Waals surface area contributed by atoms with Crippen LogP contribution in [-0.2, 0) is 4.74 Å². The standard InChI is InChI=1S/C8H12O.C4H10/c1-4-6-8(5-2)7-9-3;1-3-4-2/h4-6H,1-2,7H2,3H3;3-4H2,1-2H3/b8-6+;. The normalized spacial score (nSPS) is 9.92. The number of ether oxygens (including phenoxy) is 1. The van der Waals surface area contributed by atoms with E-state index in [0.29, 0.717) is 6.61 Å². The first-order valence-corrected chi connectivity index (χ1v) is 4.69. The largest absolute Gasteiger partial charge is 0.380 e. The van der Waals surface area contributed by atoms with Crippen LogP contribution in [0, 0.1) is 0 Å². The molecule has 0 amide bonds. The maximum Gasteiger partial charge on any atom is 0.0712 e. The molecule has 76 valence electrons. The molecule has 0 unspecified atom stereocenters. The van der Waals surface area contributed by atoms with E-state index in [1.807, 2.05) is 6.08 Å². The van der Waals surface area contributed by atoms with Crippen LogP contribution in [0.25, 0.3) is 0 Å². The van der Waals surface area contributed by atoms with Crippen LogP contribution in [0.2, 0.25) is 0 Å². The summed E-state index contributed by atoms with van der Waals surface area (Å²) in [5, 5.41) is 0. The second-order valence-corrected chi connectivity index (χ2v) is 2.61. The fourth-order valence-corrected chi connectivity index (χ4v) is 0.493. The molecule has 0 saturated carbocycles. The summed E-state index contributed by atoms with van der Waals surface area (Å²) >= 11 is 0. The number of unbranched alkanes of at least 4 members (excludes halogenated alkanes) is 1. The van der Waals surface area contributed by atoms with Crippen molar-refractivity contribution in [3.8, 4) is 0 Å². The highest BCUT2D eigenvalue weighted by molar-refractivity contribution is 5.21. The fourth-order valence-electron chi connectivity index (χ4n) is 0.493. The molecule has 0 rings (SSSR count). The van der Waals surface area contributed by atoms with Crippen molar-refractivity contribution < 1.29 is 4.74 Å². The van der Waals surface area contributed by atoms with E-state index in [0.717, 1.165) is 5.57 Å². The summed E-state index contributed by atoms with van der Waals surface area (Å²) in [6.45, 7) is 12.1. The van der Waals surface area contributed by atoms with Crippen molar-refractivity contribution in [2.24, 2.45) is 0 Å². The van der Waals surface area contributed by atoms with Gasteiger partial charge in [-0.05, 0) is 5.57 Å². The van der Waals surface area contributed by atoms with Crippen LogP contribution in [0.4, 0.5) is 0 Å². The molecule has 0 aromatic heterocycles. The molecule has 1 nitrogen and oxygen atoms in total. The lowest BCUT2D eigenvalue weighted by Crippen LogP contribution is -1.89. The number of hydrogen-bond acceptors (Lipinski definition) is 1. The van der Waals surface area contributed by atoms with E-state index < -0.39 is 0 Å². The Labute approximate surface area is 82.8 Å². The first-order valence-electron chi connectivity index (χ1n) is 4.69. The third-order valence-electron chi connectivity index (χ3n) is 1.41. The van der Waals surface area contributed by atoms with Crippen LogP contribution in [0.3, 0.4) is 0 Å². The molecule has 0 spiro atoms. The lowest BCUT2D eigenvalue weighted by molar-refractivity contribution is 0.228. The van der Waals surface area contributed by atoms with E-state index in [9.17, 15) is 0 Å². The van der Waals surface area contributed by atoms with E-state index in [1.165, 1.54) is 12.8 Å². The summed E-state index contributed by atoms with van der Waals surface area (Å²) in [6.07, 6.45) is 7.98. The molecule has 0 heterocycles. The number of hydrogen-bond donors (Lipinski definition) is 0. The number of methoxy groups -OCH3 is 1. The Bertz CT molecular complexity index is 143. The zero-order chi connectivity index (χ0) is 10.5. The quantitative estimate of drug-likeness (QED) is 0.588. The summed E-state index contributed by atoms with van der Waals surface area (Å²) in [6, 6.07) is 0. The molecule has 1 heteroatoms. The van der Waals surface area contributed by atoms with Gasteiger partial charge >= 0.3 is 0 Å². The summed E-state index contributed by atoms with van der Waals surface area (Å²) in [5.41, 5.74) is 1.05. The molecule has 0 atom stereocenters. The van der Waals surface area contributed by atoms with Crippen molar-refractivity contribution in [1.29, 1.82) is 0 Å². The van der Waals surface area contributed by atoms with Gasteiger partial charge in [-0.3, -0.25) is 0 Å². The maximum atomic E-state index is 4.86. The average Bonchev–Trinajstić information content (AvgIpc) is 2.18. The first-order chi connectivity index (χ1) is 6.26. The zero-order valence-electron chi connectivity index (χ0n) is 9.18. The minimum atomic E-state index is 0.607. The molecule has 0 aliphatic carbocycles. The first kappa shape index (κ1) is 14.7. The molecule has 0 aliphatic heterocycles. The zero-order valence-corrected chi connectivity index (χ0v) is 9.18.